The summed E-state index contributed by atoms with van der Waals surface area (Å²) in [5, 5.41) is 6.29. The van der Waals surface area contributed by atoms with Gasteiger partial charge in [0.05, 0.1) is 5.69 Å². The summed E-state index contributed by atoms with van der Waals surface area (Å²) in [6.45, 7) is 2.34. The Bertz CT molecular complexity index is 387. The molecule has 0 aromatic heterocycles. The van der Waals surface area contributed by atoms with Crippen molar-refractivity contribution in [2.75, 3.05) is 25.1 Å². The van der Waals surface area contributed by atoms with Gasteiger partial charge in [-0.2, -0.15) is 5.10 Å². The Hall–Kier alpha value is -1.64. The van der Waals surface area contributed by atoms with Crippen LogP contribution in [0.5, 0.6) is 0 Å². The van der Waals surface area contributed by atoms with Gasteiger partial charge in [-0.05, 0) is 18.6 Å². The number of para-hydroxylation sites is 1. The van der Waals surface area contributed by atoms with Crippen molar-refractivity contribution < 1.29 is 4.58 Å². The summed E-state index contributed by atoms with van der Waals surface area (Å²) in [5.74, 6) is 0. The molecular formula is C14H20N3+. The molecule has 3 heteroatoms. The molecule has 1 heterocycles. The highest BCUT2D eigenvalue weighted by atomic mass is 15.4. The van der Waals surface area contributed by atoms with Crippen molar-refractivity contribution in [1.29, 1.82) is 0 Å². The number of hydrazone groups is 1. The Labute approximate surface area is 103 Å². The maximum Gasteiger partial charge on any atom is 0.183 e. The zero-order chi connectivity index (χ0) is 11.9. The molecule has 0 radical (unpaired) electrons. The molecule has 2 rings (SSSR count). The zero-order valence-electron chi connectivity index (χ0n) is 10.4. The maximum absolute atomic E-state index is 4.40. The van der Waals surface area contributed by atoms with Gasteiger partial charge in [0.15, 0.2) is 6.21 Å². The van der Waals surface area contributed by atoms with E-state index in [0.717, 1.165) is 5.69 Å². The summed E-state index contributed by atoms with van der Waals surface area (Å²) in [4.78, 5) is 0. The predicted molar refractivity (Wildman–Crippen MR) is 73.2 cm³/mol. The van der Waals surface area contributed by atoms with Crippen LogP contribution in [0.25, 0.3) is 0 Å². The van der Waals surface area contributed by atoms with Crippen LogP contribution in [0.2, 0.25) is 0 Å². The lowest BCUT2D eigenvalue weighted by Gasteiger charge is -2.11. The molecule has 1 aliphatic heterocycles. The molecule has 0 N–H and O–H groups in total. The fourth-order valence-corrected chi connectivity index (χ4v) is 2.00. The Morgan fingerprint density at radius 2 is 1.82 bits per heavy atom. The van der Waals surface area contributed by atoms with E-state index in [1.54, 1.807) is 0 Å². The lowest BCUT2D eigenvalue weighted by molar-refractivity contribution is -0.531. The summed E-state index contributed by atoms with van der Waals surface area (Å²) < 4.78 is 2.34. The van der Waals surface area contributed by atoms with E-state index >= 15 is 0 Å². The number of nitrogens with zero attached hydrogens (tertiary/aromatic N) is 3. The summed E-state index contributed by atoms with van der Waals surface area (Å²) in [6.07, 6.45) is 7.96. The Kier molecular flexibility index (Phi) is 4.30. The molecule has 1 aromatic rings. The van der Waals surface area contributed by atoms with Gasteiger partial charge in [-0.15, -0.1) is 0 Å². The highest BCUT2D eigenvalue weighted by Gasteiger charge is 2.08. The van der Waals surface area contributed by atoms with E-state index in [1.165, 1.54) is 32.4 Å². The van der Waals surface area contributed by atoms with Gasteiger partial charge in [0.1, 0.15) is 19.3 Å². The van der Waals surface area contributed by atoms with E-state index in [1.807, 2.05) is 36.5 Å². The fourth-order valence-electron chi connectivity index (χ4n) is 2.00. The molecule has 1 aliphatic rings. The second-order valence-corrected chi connectivity index (χ2v) is 4.37. The summed E-state index contributed by atoms with van der Waals surface area (Å²) in [6, 6.07) is 10.2. The van der Waals surface area contributed by atoms with Crippen molar-refractivity contribution >= 4 is 18.1 Å². The van der Waals surface area contributed by atoms with E-state index < -0.39 is 0 Å². The molecule has 1 aromatic carbocycles. The van der Waals surface area contributed by atoms with Crippen molar-refractivity contribution in [1.82, 2.24) is 0 Å². The number of hydrogen-bond donors (Lipinski definition) is 0. The van der Waals surface area contributed by atoms with E-state index in [9.17, 15) is 0 Å². The first-order valence-corrected chi connectivity index (χ1v) is 6.26. The van der Waals surface area contributed by atoms with Gasteiger partial charge in [-0.25, -0.2) is 4.58 Å². The van der Waals surface area contributed by atoms with Crippen LogP contribution in [0.15, 0.2) is 35.4 Å². The van der Waals surface area contributed by atoms with E-state index in [2.05, 4.69) is 28.0 Å². The average Bonchev–Trinajstić information content (AvgIpc) is 2.41. The first-order chi connectivity index (χ1) is 8.36. The first kappa shape index (κ1) is 11.8. The van der Waals surface area contributed by atoms with Crippen molar-refractivity contribution in [3.8, 4) is 0 Å². The molecule has 0 aliphatic carbocycles. The van der Waals surface area contributed by atoms with Crippen molar-refractivity contribution in [2.45, 2.75) is 19.3 Å². The second-order valence-electron chi connectivity index (χ2n) is 4.37. The summed E-state index contributed by atoms with van der Waals surface area (Å²) in [5.41, 5.74) is 1.11. The highest BCUT2D eigenvalue weighted by Crippen LogP contribution is 2.10. The van der Waals surface area contributed by atoms with Crippen LogP contribution in [0.1, 0.15) is 19.3 Å². The number of piperidine rings is 1. The lowest BCUT2D eigenvalue weighted by atomic mass is 10.2. The van der Waals surface area contributed by atoms with Crippen LogP contribution in [0.3, 0.4) is 0 Å². The minimum Gasteiger partial charge on any atom is -0.268 e. The number of anilines is 1. The minimum absolute atomic E-state index is 1.11. The molecule has 1 fully saturated rings. The molecule has 0 spiro atoms. The molecule has 0 saturated carbocycles. The largest absolute Gasteiger partial charge is 0.268 e. The van der Waals surface area contributed by atoms with Gasteiger partial charge in [-0.1, -0.05) is 18.2 Å². The molecule has 1 saturated heterocycles. The molecule has 0 bridgehead atoms. The number of rotatable bonds is 3. The molecule has 0 unspecified atom stereocenters. The molecule has 0 amide bonds. The van der Waals surface area contributed by atoms with Gasteiger partial charge in [0.2, 0.25) is 0 Å². The van der Waals surface area contributed by atoms with Crippen LogP contribution in [-0.4, -0.2) is 37.1 Å². The Morgan fingerprint density at radius 1 is 1.12 bits per heavy atom. The van der Waals surface area contributed by atoms with E-state index in [0.29, 0.717) is 0 Å². The maximum atomic E-state index is 4.40. The average molecular weight is 230 g/mol. The van der Waals surface area contributed by atoms with Gasteiger partial charge < -0.3 is 0 Å². The zero-order valence-corrected chi connectivity index (χ0v) is 10.4. The van der Waals surface area contributed by atoms with Crippen LogP contribution < -0.4 is 5.01 Å². The second kappa shape index (κ2) is 6.18. The standard InChI is InChI=1S/C14H20N3/c1-16(14-8-4-2-5-9-14)15-10-13-17-11-6-3-7-12-17/h2,4-5,8-10,13H,3,6-7,11-12H2,1H3/q+1. The lowest BCUT2D eigenvalue weighted by Crippen LogP contribution is -2.21. The minimum atomic E-state index is 1.11. The fraction of sp³-hybridized carbons (Fsp3) is 0.429. The SMILES string of the molecule is CN(N=CC=[N+]1CCCCC1)c1ccccc1. The van der Waals surface area contributed by atoms with Crippen LogP contribution in [-0.2, 0) is 0 Å². The van der Waals surface area contributed by atoms with E-state index in [4.69, 9.17) is 0 Å². The molecule has 17 heavy (non-hydrogen) atoms. The normalized spacial score (nSPS) is 16.2. The summed E-state index contributed by atoms with van der Waals surface area (Å²) >= 11 is 0. The van der Waals surface area contributed by atoms with Crippen molar-refractivity contribution in [3.63, 3.8) is 0 Å². The summed E-state index contributed by atoms with van der Waals surface area (Å²) in [7, 11) is 1.97. The Morgan fingerprint density at radius 3 is 2.53 bits per heavy atom. The third-order valence-corrected chi connectivity index (χ3v) is 3.04. The molecule has 3 nitrogen and oxygen atoms in total. The van der Waals surface area contributed by atoms with Crippen molar-refractivity contribution in [2.24, 2.45) is 5.10 Å². The van der Waals surface area contributed by atoms with Crippen LogP contribution in [0.4, 0.5) is 5.69 Å². The van der Waals surface area contributed by atoms with Gasteiger partial charge in [0.25, 0.3) is 0 Å². The van der Waals surface area contributed by atoms with Gasteiger partial charge in [-0.3, -0.25) is 5.01 Å². The molecule has 0 atom stereocenters. The number of hydrogen-bond acceptors (Lipinski definition) is 2. The smallest absolute Gasteiger partial charge is 0.183 e. The monoisotopic (exact) mass is 230 g/mol. The van der Waals surface area contributed by atoms with Gasteiger partial charge >= 0.3 is 0 Å². The number of benzene rings is 1. The van der Waals surface area contributed by atoms with Crippen LogP contribution in [0, 0.1) is 0 Å². The molecule has 90 valence electrons. The van der Waals surface area contributed by atoms with Gasteiger partial charge in [0, 0.05) is 19.9 Å². The van der Waals surface area contributed by atoms with Crippen LogP contribution >= 0.6 is 0 Å². The third kappa shape index (κ3) is 3.70. The quantitative estimate of drug-likeness (QED) is 0.443. The van der Waals surface area contributed by atoms with Crippen molar-refractivity contribution in [3.05, 3.63) is 30.3 Å². The topological polar surface area (TPSA) is 18.6 Å². The predicted octanol–water partition coefficient (Wildman–Crippen LogP) is 2.38. The third-order valence-electron chi connectivity index (χ3n) is 3.04. The highest BCUT2D eigenvalue weighted by molar-refractivity contribution is 6.13. The molecular weight excluding hydrogens is 210 g/mol. The van der Waals surface area contributed by atoms with E-state index in [-0.39, 0.29) is 0 Å². The Balaban J connectivity index is 1.92. The first-order valence-electron chi connectivity index (χ1n) is 6.26.